The predicted molar refractivity (Wildman–Crippen MR) is 128 cm³/mol. The molecule has 2 aromatic rings. The third-order valence-corrected chi connectivity index (χ3v) is 4.63. The molecule has 0 aliphatic carbocycles. The number of anilines is 1. The van der Waals surface area contributed by atoms with Crippen molar-refractivity contribution in [3.63, 3.8) is 0 Å². The molecule has 1 heterocycles. The molecular formula is C25H30F5N3O3. The number of fused-ring (bicyclic) bond motifs is 3. The normalized spacial score (nSPS) is 14.8. The van der Waals surface area contributed by atoms with Crippen molar-refractivity contribution in [2.24, 2.45) is 5.41 Å². The average molecular weight is 516 g/mol. The molecule has 0 aromatic heterocycles. The molecule has 2 aromatic carbocycles. The van der Waals surface area contributed by atoms with Gasteiger partial charge in [-0.3, -0.25) is 9.59 Å². The van der Waals surface area contributed by atoms with Gasteiger partial charge in [-0.2, -0.15) is 22.0 Å². The summed E-state index contributed by atoms with van der Waals surface area (Å²) in [4.78, 5) is 32.0. The van der Waals surface area contributed by atoms with E-state index in [1.165, 1.54) is 5.32 Å². The van der Waals surface area contributed by atoms with Gasteiger partial charge in [-0.05, 0) is 24.2 Å². The molecule has 0 radical (unpaired) electrons. The number of benzene rings is 2. The van der Waals surface area contributed by atoms with Crippen LogP contribution >= 0.6 is 0 Å². The summed E-state index contributed by atoms with van der Waals surface area (Å²) in [6.45, 7) is 4.76. The summed E-state index contributed by atoms with van der Waals surface area (Å²) < 4.78 is 58.1. The highest BCUT2D eigenvalue weighted by atomic mass is 19.4. The van der Waals surface area contributed by atoms with E-state index in [0.717, 1.165) is 35.6 Å². The minimum atomic E-state index is -5.62. The summed E-state index contributed by atoms with van der Waals surface area (Å²) in [5.41, 5.74) is 3.92. The third kappa shape index (κ3) is 9.03. The summed E-state index contributed by atoms with van der Waals surface area (Å²) in [6.07, 6.45) is -4.68. The van der Waals surface area contributed by atoms with Crippen molar-refractivity contribution in [2.75, 3.05) is 18.9 Å². The molecule has 0 spiro atoms. The van der Waals surface area contributed by atoms with Gasteiger partial charge in [0, 0.05) is 23.6 Å². The minimum Gasteiger partial charge on any atom is -0.350 e. The number of alkyl halides is 5. The van der Waals surface area contributed by atoms with Gasteiger partial charge in [0.2, 0.25) is 11.8 Å². The maximum Gasteiger partial charge on any atom is 0.455 e. The van der Waals surface area contributed by atoms with E-state index in [2.05, 4.69) is 16.7 Å². The number of rotatable bonds is 3. The van der Waals surface area contributed by atoms with E-state index in [1.807, 2.05) is 63.2 Å². The molecule has 2 amide bonds. The first-order chi connectivity index (χ1) is 16.5. The number of aldehydes is 1. The molecule has 0 saturated heterocycles. The summed E-state index contributed by atoms with van der Waals surface area (Å²) in [5.74, 6) is -5.81. The first-order valence-corrected chi connectivity index (χ1v) is 10.9. The summed E-state index contributed by atoms with van der Waals surface area (Å²) >= 11 is 0. The second-order valence-electron chi connectivity index (χ2n) is 8.94. The van der Waals surface area contributed by atoms with Crippen LogP contribution in [0.3, 0.4) is 0 Å². The van der Waals surface area contributed by atoms with E-state index in [-0.39, 0.29) is 17.4 Å². The van der Waals surface area contributed by atoms with Gasteiger partial charge in [0.25, 0.3) is 0 Å². The monoisotopic (exact) mass is 515 g/mol. The van der Waals surface area contributed by atoms with E-state index < -0.39 is 24.6 Å². The number of hydrogen-bond acceptors (Lipinski definition) is 4. The van der Waals surface area contributed by atoms with Crippen LogP contribution in [0.1, 0.15) is 39.3 Å². The molecule has 36 heavy (non-hydrogen) atoms. The molecule has 11 heteroatoms. The van der Waals surface area contributed by atoms with Gasteiger partial charge in [-0.1, -0.05) is 63.2 Å². The fourth-order valence-electron chi connectivity index (χ4n) is 2.79. The maximum atomic E-state index is 12.2. The SMILES string of the molecule is CC(=O)NCC(F)(F)C(F)(F)F.CC(C)(C)C=O.CNC1C(=O)Nc2ccccc2-c2ccccc21. The third-order valence-electron chi connectivity index (χ3n) is 4.63. The Morgan fingerprint density at radius 3 is 1.94 bits per heavy atom. The first-order valence-electron chi connectivity index (χ1n) is 10.9. The van der Waals surface area contributed by atoms with E-state index in [4.69, 9.17) is 0 Å². The van der Waals surface area contributed by atoms with Crippen LogP contribution in [0.25, 0.3) is 11.1 Å². The highest BCUT2D eigenvalue weighted by molar-refractivity contribution is 6.03. The van der Waals surface area contributed by atoms with Gasteiger partial charge in [0.05, 0.1) is 6.54 Å². The number of amides is 2. The Morgan fingerprint density at radius 1 is 0.972 bits per heavy atom. The number of carbonyl (C=O) groups excluding carboxylic acids is 3. The molecule has 3 N–H and O–H groups in total. The molecular weight excluding hydrogens is 485 g/mol. The lowest BCUT2D eigenvalue weighted by Crippen LogP contribution is -2.46. The largest absolute Gasteiger partial charge is 0.455 e. The molecule has 6 nitrogen and oxygen atoms in total. The Balaban J connectivity index is 0.000000312. The average Bonchev–Trinajstić information content (AvgIpc) is 2.90. The number of halogens is 5. The van der Waals surface area contributed by atoms with Crippen LogP contribution in [0.2, 0.25) is 0 Å². The Bertz CT molecular complexity index is 1050. The summed E-state index contributed by atoms with van der Waals surface area (Å²) in [7, 11) is 1.80. The Hall–Kier alpha value is -3.34. The van der Waals surface area contributed by atoms with Crippen LogP contribution in [0.5, 0.6) is 0 Å². The lowest BCUT2D eigenvalue weighted by molar-refractivity contribution is -0.278. The molecule has 0 saturated carbocycles. The van der Waals surface area contributed by atoms with E-state index in [1.54, 1.807) is 7.05 Å². The molecule has 1 aliphatic rings. The van der Waals surface area contributed by atoms with Gasteiger partial charge in [-0.25, -0.2) is 0 Å². The van der Waals surface area contributed by atoms with Crippen molar-refractivity contribution in [1.82, 2.24) is 10.6 Å². The number of nitrogens with one attached hydrogen (secondary N) is 3. The van der Waals surface area contributed by atoms with Gasteiger partial charge in [-0.15, -0.1) is 0 Å². The van der Waals surface area contributed by atoms with E-state index in [9.17, 15) is 36.3 Å². The van der Waals surface area contributed by atoms with Crippen molar-refractivity contribution in [3.05, 3.63) is 54.1 Å². The van der Waals surface area contributed by atoms with Gasteiger partial charge in [0.15, 0.2) is 0 Å². The lowest BCUT2D eigenvalue weighted by atomic mass is 9.95. The fraction of sp³-hybridized carbons (Fsp3) is 0.400. The lowest BCUT2D eigenvalue weighted by Gasteiger charge is -2.19. The second kappa shape index (κ2) is 12.6. The van der Waals surface area contributed by atoms with Crippen LogP contribution < -0.4 is 16.0 Å². The maximum absolute atomic E-state index is 12.2. The molecule has 1 aliphatic heterocycles. The highest BCUT2D eigenvalue weighted by Crippen LogP contribution is 2.37. The molecule has 0 bridgehead atoms. The van der Waals surface area contributed by atoms with E-state index >= 15 is 0 Å². The minimum absolute atomic E-state index is 0.0186. The van der Waals surface area contributed by atoms with Crippen LogP contribution in [-0.4, -0.2) is 43.8 Å². The Labute approximate surface area is 206 Å². The molecule has 1 atom stereocenters. The number of para-hydroxylation sites is 1. The quantitative estimate of drug-likeness (QED) is 0.391. The van der Waals surface area contributed by atoms with Crippen LogP contribution in [0.15, 0.2) is 48.5 Å². The Morgan fingerprint density at radius 2 is 1.47 bits per heavy atom. The van der Waals surface area contributed by atoms with Crippen LogP contribution in [-0.2, 0) is 14.4 Å². The van der Waals surface area contributed by atoms with Crippen LogP contribution in [0.4, 0.5) is 27.6 Å². The highest BCUT2D eigenvalue weighted by Gasteiger charge is 2.57. The topological polar surface area (TPSA) is 87.3 Å². The van der Waals surface area contributed by atoms with Crippen molar-refractivity contribution < 1.29 is 36.3 Å². The first kappa shape index (κ1) is 30.7. The summed E-state index contributed by atoms with van der Waals surface area (Å²) in [6, 6.07) is 15.6. The van der Waals surface area contributed by atoms with Gasteiger partial charge < -0.3 is 20.7 Å². The predicted octanol–water partition coefficient (Wildman–Crippen LogP) is 5.12. The van der Waals surface area contributed by atoms with E-state index in [0.29, 0.717) is 0 Å². The number of likely N-dealkylation sites (N-methyl/N-ethyl adjacent to an activating group) is 1. The van der Waals surface area contributed by atoms with Crippen molar-refractivity contribution >= 4 is 23.8 Å². The van der Waals surface area contributed by atoms with Gasteiger partial charge in [0.1, 0.15) is 12.3 Å². The molecule has 1 unspecified atom stereocenters. The van der Waals surface area contributed by atoms with Crippen LogP contribution in [0, 0.1) is 5.41 Å². The zero-order valence-electron chi connectivity index (χ0n) is 20.6. The summed E-state index contributed by atoms with van der Waals surface area (Å²) in [5, 5.41) is 7.42. The smallest absolute Gasteiger partial charge is 0.350 e. The molecule has 0 fully saturated rings. The zero-order chi connectivity index (χ0) is 27.7. The fourth-order valence-corrected chi connectivity index (χ4v) is 2.79. The number of hydrogen-bond donors (Lipinski definition) is 3. The van der Waals surface area contributed by atoms with Crippen molar-refractivity contribution in [1.29, 1.82) is 0 Å². The molecule has 3 rings (SSSR count). The standard InChI is InChI=1S/C15H14N2O.C5H6F5NO.C5H10O/c1-16-14-12-8-3-2-6-10(12)11-7-4-5-9-13(11)17-15(14)18;1-3(12)11-2-4(6,7)5(8,9)10;1-5(2,3)4-6/h2-9,14,16H,1H3,(H,17,18);2H2,1H3,(H,11,12);4H,1-3H3. The number of carbonyl (C=O) groups is 3. The second-order valence-corrected chi connectivity index (χ2v) is 8.94. The van der Waals surface area contributed by atoms with Crippen molar-refractivity contribution in [2.45, 2.75) is 45.8 Å². The zero-order valence-corrected chi connectivity index (χ0v) is 20.6. The van der Waals surface area contributed by atoms with Crippen molar-refractivity contribution in [3.8, 4) is 11.1 Å². The Kier molecular flexibility index (Phi) is 10.7. The molecule has 198 valence electrons. The van der Waals surface area contributed by atoms with Gasteiger partial charge >= 0.3 is 12.1 Å².